The molecule has 1 N–H and O–H groups in total. The number of hydrogen-bond donors (Lipinski definition) is 1. The van der Waals surface area contributed by atoms with Gasteiger partial charge in [0.2, 0.25) is 0 Å². The minimum absolute atomic E-state index is 0.978. The molecule has 1 saturated carbocycles. The summed E-state index contributed by atoms with van der Waals surface area (Å²) in [5.74, 6) is 2.24. The standard InChI is InChI=1S/C15H24N2/c1-2-6-12(7-3-1)10-11-15-16-13-8-4-5-9-14(13)17-15/h12H,1-11H2,(H,16,17). The number of imidazole rings is 1. The second kappa shape index (κ2) is 5.24. The number of aromatic nitrogens is 2. The Hall–Kier alpha value is -0.790. The van der Waals surface area contributed by atoms with Gasteiger partial charge in [0.05, 0.1) is 5.69 Å². The maximum Gasteiger partial charge on any atom is 0.106 e. The summed E-state index contributed by atoms with van der Waals surface area (Å²) >= 11 is 0. The van der Waals surface area contributed by atoms with Crippen LogP contribution in [-0.2, 0) is 19.3 Å². The van der Waals surface area contributed by atoms with Gasteiger partial charge in [-0.25, -0.2) is 4.98 Å². The molecule has 1 fully saturated rings. The smallest absolute Gasteiger partial charge is 0.106 e. The first kappa shape index (κ1) is 11.3. The molecular formula is C15H24N2. The molecule has 1 aromatic rings. The van der Waals surface area contributed by atoms with Gasteiger partial charge in [-0.15, -0.1) is 0 Å². The Morgan fingerprint density at radius 1 is 1.00 bits per heavy atom. The Kier molecular flexibility index (Phi) is 3.49. The first-order chi connectivity index (χ1) is 8.42. The summed E-state index contributed by atoms with van der Waals surface area (Å²) in [5.41, 5.74) is 2.81. The van der Waals surface area contributed by atoms with Crippen molar-refractivity contribution in [3.63, 3.8) is 0 Å². The van der Waals surface area contributed by atoms with E-state index in [9.17, 15) is 0 Å². The van der Waals surface area contributed by atoms with E-state index in [0.29, 0.717) is 0 Å². The third kappa shape index (κ3) is 2.72. The third-order valence-electron chi connectivity index (χ3n) is 4.52. The summed E-state index contributed by atoms with van der Waals surface area (Å²) in [6, 6.07) is 0. The van der Waals surface area contributed by atoms with Gasteiger partial charge < -0.3 is 4.98 Å². The minimum atomic E-state index is 0.978. The molecule has 0 atom stereocenters. The summed E-state index contributed by atoms with van der Waals surface area (Å²) in [6.45, 7) is 0. The van der Waals surface area contributed by atoms with Gasteiger partial charge in [0.15, 0.2) is 0 Å². The molecule has 0 bridgehead atoms. The number of nitrogens with one attached hydrogen (secondary N) is 1. The van der Waals surface area contributed by atoms with Crippen molar-refractivity contribution in [3.8, 4) is 0 Å². The van der Waals surface area contributed by atoms with Crippen LogP contribution in [0, 0.1) is 5.92 Å². The number of rotatable bonds is 3. The van der Waals surface area contributed by atoms with Crippen LogP contribution in [0.25, 0.3) is 0 Å². The Labute approximate surface area is 104 Å². The van der Waals surface area contributed by atoms with Crippen molar-refractivity contribution >= 4 is 0 Å². The van der Waals surface area contributed by atoms with Crippen LogP contribution in [0.4, 0.5) is 0 Å². The predicted octanol–water partition coefficient (Wildman–Crippen LogP) is 3.80. The first-order valence-electron chi connectivity index (χ1n) is 7.48. The van der Waals surface area contributed by atoms with Crippen molar-refractivity contribution < 1.29 is 0 Å². The summed E-state index contributed by atoms with van der Waals surface area (Å²) in [7, 11) is 0. The topological polar surface area (TPSA) is 28.7 Å². The number of hydrogen-bond acceptors (Lipinski definition) is 1. The van der Waals surface area contributed by atoms with Gasteiger partial charge in [-0.1, -0.05) is 32.1 Å². The fourth-order valence-corrected chi connectivity index (χ4v) is 3.45. The van der Waals surface area contributed by atoms with Crippen molar-refractivity contribution in [1.82, 2.24) is 9.97 Å². The van der Waals surface area contributed by atoms with E-state index < -0.39 is 0 Å². The average Bonchev–Trinajstić information content (AvgIpc) is 2.80. The summed E-state index contributed by atoms with van der Waals surface area (Å²) in [5, 5.41) is 0. The number of aromatic amines is 1. The molecule has 94 valence electrons. The summed E-state index contributed by atoms with van der Waals surface area (Å²) in [4.78, 5) is 8.34. The lowest BCUT2D eigenvalue weighted by atomic mass is 9.86. The third-order valence-corrected chi connectivity index (χ3v) is 4.52. The quantitative estimate of drug-likeness (QED) is 0.843. The second-order valence-corrected chi connectivity index (χ2v) is 5.86. The Morgan fingerprint density at radius 3 is 2.65 bits per heavy atom. The number of aryl methyl sites for hydroxylation is 3. The van der Waals surface area contributed by atoms with Gasteiger partial charge in [0.1, 0.15) is 5.82 Å². The highest BCUT2D eigenvalue weighted by molar-refractivity contribution is 5.17. The zero-order valence-electron chi connectivity index (χ0n) is 10.8. The van der Waals surface area contributed by atoms with Crippen LogP contribution in [0.1, 0.15) is 68.6 Å². The van der Waals surface area contributed by atoms with E-state index in [1.807, 2.05) is 0 Å². The number of H-pyrrole nitrogens is 1. The predicted molar refractivity (Wildman–Crippen MR) is 70.1 cm³/mol. The minimum Gasteiger partial charge on any atom is -0.346 e. The van der Waals surface area contributed by atoms with Gasteiger partial charge in [0, 0.05) is 12.1 Å². The normalized spacial score (nSPS) is 21.4. The van der Waals surface area contributed by atoms with Crippen molar-refractivity contribution in [1.29, 1.82) is 0 Å². The van der Waals surface area contributed by atoms with E-state index in [1.54, 1.807) is 0 Å². The molecule has 17 heavy (non-hydrogen) atoms. The van der Waals surface area contributed by atoms with Gasteiger partial charge in [-0.3, -0.25) is 0 Å². The fourth-order valence-electron chi connectivity index (χ4n) is 3.45. The van der Waals surface area contributed by atoms with E-state index in [2.05, 4.69) is 4.98 Å². The van der Waals surface area contributed by atoms with E-state index in [4.69, 9.17) is 4.98 Å². The zero-order chi connectivity index (χ0) is 11.5. The van der Waals surface area contributed by atoms with Gasteiger partial charge >= 0.3 is 0 Å². The van der Waals surface area contributed by atoms with Crippen molar-refractivity contribution in [2.75, 3.05) is 0 Å². The van der Waals surface area contributed by atoms with Crippen molar-refractivity contribution in [2.24, 2.45) is 5.92 Å². The zero-order valence-corrected chi connectivity index (χ0v) is 10.8. The molecule has 0 saturated heterocycles. The molecule has 0 radical (unpaired) electrons. The van der Waals surface area contributed by atoms with E-state index in [0.717, 1.165) is 5.92 Å². The van der Waals surface area contributed by atoms with Crippen LogP contribution < -0.4 is 0 Å². The first-order valence-corrected chi connectivity index (χ1v) is 7.48. The molecule has 2 aliphatic rings. The Bertz CT molecular complexity index is 337. The van der Waals surface area contributed by atoms with Crippen LogP contribution in [0.3, 0.4) is 0 Å². The van der Waals surface area contributed by atoms with Gasteiger partial charge in [-0.05, 0) is 38.0 Å². The molecule has 0 spiro atoms. The van der Waals surface area contributed by atoms with E-state index >= 15 is 0 Å². The Morgan fingerprint density at radius 2 is 1.82 bits per heavy atom. The maximum absolute atomic E-state index is 4.78. The summed E-state index contributed by atoms with van der Waals surface area (Å²) in [6.07, 6.45) is 14.9. The highest BCUT2D eigenvalue weighted by atomic mass is 14.9. The Balaban J connectivity index is 1.55. The lowest BCUT2D eigenvalue weighted by Gasteiger charge is -2.20. The molecule has 1 aromatic heterocycles. The fraction of sp³-hybridized carbons (Fsp3) is 0.800. The van der Waals surface area contributed by atoms with E-state index in [-0.39, 0.29) is 0 Å². The van der Waals surface area contributed by atoms with Crippen LogP contribution in [0.5, 0.6) is 0 Å². The van der Waals surface area contributed by atoms with Crippen LogP contribution >= 0.6 is 0 Å². The molecule has 3 rings (SSSR count). The average molecular weight is 232 g/mol. The largest absolute Gasteiger partial charge is 0.346 e. The van der Waals surface area contributed by atoms with Crippen LogP contribution in [0.15, 0.2) is 0 Å². The SMILES string of the molecule is C1CCC(CCc2nc3c([nH]2)CCCC3)CC1. The molecule has 0 amide bonds. The van der Waals surface area contributed by atoms with Crippen molar-refractivity contribution in [2.45, 2.75) is 70.6 Å². The van der Waals surface area contributed by atoms with Crippen LogP contribution in [0.2, 0.25) is 0 Å². The highest BCUT2D eigenvalue weighted by Gasteiger charge is 2.16. The molecular weight excluding hydrogens is 208 g/mol. The molecule has 0 unspecified atom stereocenters. The number of fused-ring (bicyclic) bond motifs is 1. The lowest BCUT2D eigenvalue weighted by Crippen LogP contribution is -2.07. The highest BCUT2D eigenvalue weighted by Crippen LogP contribution is 2.27. The summed E-state index contributed by atoms with van der Waals surface area (Å²) < 4.78 is 0. The van der Waals surface area contributed by atoms with Crippen molar-refractivity contribution in [3.05, 3.63) is 17.2 Å². The molecule has 1 heterocycles. The molecule has 2 heteroatoms. The maximum atomic E-state index is 4.78. The van der Waals surface area contributed by atoms with Crippen LogP contribution in [-0.4, -0.2) is 9.97 Å². The van der Waals surface area contributed by atoms with Gasteiger partial charge in [-0.2, -0.15) is 0 Å². The molecule has 0 aromatic carbocycles. The lowest BCUT2D eigenvalue weighted by molar-refractivity contribution is 0.337. The van der Waals surface area contributed by atoms with E-state index in [1.165, 1.54) is 87.8 Å². The molecule has 2 aliphatic carbocycles. The molecule has 2 nitrogen and oxygen atoms in total. The second-order valence-electron chi connectivity index (χ2n) is 5.86. The molecule has 0 aliphatic heterocycles. The van der Waals surface area contributed by atoms with Gasteiger partial charge in [0.25, 0.3) is 0 Å². The number of nitrogens with zero attached hydrogens (tertiary/aromatic N) is 1. The monoisotopic (exact) mass is 232 g/mol.